The van der Waals surface area contributed by atoms with Crippen molar-refractivity contribution in [2.75, 3.05) is 38.2 Å². The predicted octanol–water partition coefficient (Wildman–Crippen LogP) is 3.15. The number of hydrogen-bond acceptors (Lipinski definition) is 4. The summed E-state index contributed by atoms with van der Waals surface area (Å²) < 4.78 is 5.52. The minimum Gasteiger partial charge on any atom is -0.495 e. The number of amides is 1. The van der Waals surface area contributed by atoms with Crippen LogP contribution in [0.2, 0.25) is 0 Å². The second-order valence-corrected chi connectivity index (χ2v) is 8.63. The summed E-state index contributed by atoms with van der Waals surface area (Å²) in [4.78, 5) is 21.6. The van der Waals surface area contributed by atoms with Crippen LogP contribution in [0, 0.1) is 0 Å². The predicted molar refractivity (Wildman–Crippen MR) is 133 cm³/mol. The number of methoxy groups -OCH3 is 1. The Hall–Kier alpha value is -3.22. The Morgan fingerprint density at radius 2 is 1.85 bits per heavy atom. The lowest BCUT2D eigenvalue weighted by molar-refractivity contribution is -0.131. The maximum absolute atomic E-state index is 12.6. The van der Waals surface area contributed by atoms with E-state index in [0.29, 0.717) is 19.0 Å². The van der Waals surface area contributed by atoms with Crippen molar-refractivity contribution in [3.05, 3.63) is 59.7 Å². The van der Waals surface area contributed by atoms with Crippen LogP contribution >= 0.6 is 0 Å². The molecule has 0 saturated carbocycles. The molecule has 0 spiro atoms. The van der Waals surface area contributed by atoms with Crippen LogP contribution in [0.3, 0.4) is 0 Å². The molecule has 4 rings (SSSR count). The number of benzene rings is 2. The van der Waals surface area contributed by atoms with Crippen molar-refractivity contribution in [3.63, 3.8) is 0 Å². The molecule has 0 aliphatic carbocycles. The lowest BCUT2D eigenvalue weighted by Gasteiger charge is -2.22. The van der Waals surface area contributed by atoms with E-state index in [1.54, 1.807) is 7.11 Å². The molecule has 7 heteroatoms. The number of carbonyl (C=O) groups excluding carboxylic acids is 1. The molecular formula is C26H35N5O2. The summed E-state index contributed by atoms with van der Waals surface area (Å²) in [5.74, 6) is 1.94. The van der Waals surface area contributed by atoms with Gasteiger partial charge in [-0.3, -0.25) is 9.79 Å². The Bertz CT molecular complexity index is 952. The van der Waals surface area contributed by atoms with Gasteiger partial charge in [0.2, 0.25) is 5.91 Å². The zero-order valence-corrected chi connectivity index (χ0v) is 19.7. The first-order chi connectivity index (χ1) is 16.2. The van der Waals surface area contributed by atoms with Crippen molar-refractivity contribution in [3.8, 4) is 5.75 Å². The van der Waals surface area contributed by atoms with Gasteiger partial charge in [-0.25, -0.2) is 0 Å². The van der Waals surface area contributed by atoms with Crippen molar-refractivity contribution in [2.24, 2.45) is 4.99 Å². The zero-order valence-electron chi connectivity index (χ0n) is 19.7. The smallest absolute Gasteiger partial charge is 0.223 e. The molecule has 2 aromatic carbocycles. The van der Waals surface area contributed by atoms with E-state index in [1.807, 2.05) is 35.2 Å². The van der Waals surface area contributed by atoms with Gasteiger partial charge in [0, 0.05) is 51.7 Å². The molecule has 1 saturated heterocycles. The standard InChI is InChI=1S/C26H35N5O2/c1-3-27-26(29-22-14-16-30(19-22)23-11-6-7-12-24(23)33-2)28-15-8-13-25(32)31-17-20-9-4-5-10-21(20)18-31/h4-7,9-12,22H,3,8,13-19H2,1-2H3,(H2,27,28,29). The summed E-state index contributed by atoms with van der Waals surface area (Å²) >= 11 is 0. The number of guanidine groups is 1. The van der Waals surface area contributed by atoms with Gasteiger partial charge in [0.25, 0.3) is 0 Å². The molecule has 0 bridgehead atoms. The van der Waals surface area contributed by atoms with Gasteiger partial charge in [0.05, 0.1) is 12.8 Å². The van der Waals surface area contributed by atoms with Crippen LogP contribution < -0.4 is 20.3 Å². The van der Waals surface area contributed by atoms with Gasteiger partial charge in [0.1, 0.15) is 5.75 Å². The second kappa shape index (κ2) is 11.1. The van der Waals surface area contributed by atoms with E-state index in [9.17, 15) is 4.79 Å². The van der Waals surface area contributed by atoms with Crippen molar-refractivity contribution in [2.45, 2.75) is 45.3 Å². The van der Waals surface area contributed by atoms with Gasteiger partial charge >= 0.3 is 0 Å². The Balaban J connectivity index is 1.24. The van der Waals surface area contributed by atoms with Crippen molar-refractivity contribution < 1.29 is 9.53 Å². The fourth-order valence-corrected chi connectivity index (χ4v) is 4.59. The van der Waals surface area contributed by atoms with Crippen LogP contribution in [0.4, 0.5) is 5.69 Å². The first-order valence-corrected chi connectivity index (χ1v) is 11.9. The third kappa shape index (κ3) is 5.78. The van der Waals surface area contributed by atoms with E-state index >= 15 is 0 Å². The van der Waals surface area contributed by atoms with E-state index in [1.165, 1.54) is 11.1 Å². The fraction of sp³-hybridized carbons (Fsp3) is 0.462. The normalized spacial score (nSPS) is 17.8. The molecule has 2 heterocycles. The highest BCUT2D eigenvalue weighted by molar-refractivity contribution is 5.80. The van der Waals surface area contributed by atoms with Crippen molar-refractivity contribution in [1.29, 1.82) is 0 Å². The van der Waals surface area contributed by atoms with Crippen LogP contribution in [0.15, 0.2) is 53.5 Å². The number of aliphatic imine (C=N–C) groups is 1. The summed E-state index contributed by atoms with van der Waals surface area (Å²) in [6.45, 7) is 6.84. The summed E-state index contributed by atoms with van der Waals surface area (Å²) in [7, 11) is 1.72. The monoisotopic (exact) mass is 449 g/mol. The minimum atomic E-state index is 0.211. The zero-order chi connectivity index (χ0) is 23.0. The molecule has 0 radical (unpaired) electrons. The van der Waals surface area contributed by atoms with Gasteiger partial charge in [-0.15, -0.1) is 0 Å². The van der Waals surface area contributed by atoms with E-state index in [4.69, 9.17) is 9.73 Å². The third-order valence-electron chi connectivity index (χ3n) is 6.31. The van der Waals surface area contributed by atoms with Gasteiger partial charge in [-0.1, -0.05) is 36.4 Å². The number of nitrogens with one attached hydrogen (secondary N) is 2. The molecule has 7 nitrogen and oxygen atoms in total. The fourth-order valence-electron chi connectivity index (χ4n) is 4.59. The Kier molecular flexibility index (Phi) is 7.70. The van der Waals surface area contributed by atoms with Crippen LogP contribution in [0.25, 0.3) is 0 Å². The summed E-state index contributed by atoms with van der Waals surface area (Å²) in [5, 5.41) is 6.91. The second-order valence-electron chi connectivity index (χ2n) is 8.63. The number of anilines is 1. The topological polar surface area (TPSA) is 69.2 Å². The Labute approximate surface area is 196 Å². The highest BCUT2D eigenvalue weighted by Gasteiger charge is 2.25. The first-order valence-electron chi connectivity index (χ1n) is 11.9. The Morgan fingerprint density at radius 3 is 2.58 bits per heavy atom. The van der Waals surface area contributed by atoms with E-state index < -0.39 is 0 Å². The van der Waals surface area contributed by atoms with Crippen LogP contribution in [-0.4, -0.2) is 56.1 Å². The number of nitrogens with zero attached hydrogens (tertiary/aromatic N) is 3. The molecule has 2 aliphatic rings. The van der Waals surface area contributed by atoms with E-state index in [-0.39, 0.29) is 5.91 Å². The van der Waals surface area contributed by atoms with E-state index in [0.717, 1.165) is 63.0 Å². The van der Waals surface area contributed by atoms with Crippen LogP contribution in [0.5, 0.6) is 5.75 Å². The largest absolute Gasteiger partial charge is 0.495 e. The number of carbonyl (C=O) groups is 1. The summed E-state index contributed by atoms with van der Waals surface area (Å²) in [6.07, 6.45) is 2.32. The summed E-state index contributed by atoms with van der Waals surface area (Å²) in [6, 6.07) is 16.8. The molecule has 176 valence electrons. The van der Waals surface area contributed by atoms with Gasteiger partial charge < -0.3 is 25.2 Å². The molecule has 1 atom stereocenters. The molecule has 2 aliphatic heterocycles. The lowest BCUT2D eigenvalue weighted by Crippen LogP contribution is -2.44. The van der Waals surface area contributed by atoms with Gasteiger partial charge in [-0.05, 0) is 43.0 Å². The van der Waals surface area contributed by atoms with Crippen molar-refractivity contribution in [1.82, 2.24) is 15.5 Å². The molecule has 0 aromatic heterocycles. The summed E-state index contributed by atoms with van der Waals surface area (Å²) in [5.41, 5.74) is 3.66. The SMILES string of the molecule is CCNC(=NCCCC(=O)N1Cc2ccccc2C1)NC1CCN(c2ccccc2OC)C1. The highest BCUT2D eigenvalue weighted by Crippen LogP contribution is 2.30. The lowest BCUT2D eigenvalue weighted by atomic mass is 10.1. The molecule has 1 fully saturated rings. The molecule has 2 aromatic rings. The molecule has 1 unspecified atom stereocenters. The quantitative estimate of drug-likeness (QED) is 0.368. The maximum atomic E-state index is 12.6. The number of rotatable bonds is 8. The first kappa shape index (κ1) is 23.0. The minimum absolute atomic E-state index is 0.211. The molecular weight excluding hydrogens is 414 g/mol. The van der Waals surface area contributed by atoms with Gasteiger partial charge in [0.15, 0.2) is 5.96 Å². The molecule has 1 amide bonds. The van der Waals surface area contributed by atoms with Crippen molar-refractivity contribution >= 4 is 17.6 Å². The number of para-hydroxylation sites is 2. The third-order valence-corrected chi connectivity index (χ3v) is 6.31. The number of fused-ring (bicyclic) bond motifs is 1. The molecule has 2 N–H and O–H groups in total. The number of ether oxygens (including phenoxy) is 1. The average Bonchev–Trinajstić information content (AvgIpc) is 3.49. The van der Waals surface area contributed by atoms with Crippen LogP contribution in [0.1, 0.15) is 37.3 Å². The van der Waals surface area contributed by atoms with Crippen LogP contribution in [-0.2, 0) is 17.9 Å². The number of hydrogen-bond donors (Lipinski definition) is 2. The average molecular weight is 450 g/mol. The van der Waals surface area contributed by atoms with Gasteiger partial charge in [-0.2, -0.15) is 0 Å². The maximum Gasteiger partial charge on any atom is 0.223 e. The highest BCUT2D eigenvalue weighted by atomic mass is 16.5. The Morgan fingerprint density at radius 1 is 1.12 bits per heavy atom. The molecule has 33 heavy (non-hydrogen) atoms. The van der Waals surface area contributed by atoms with E-state index in [2.05, 4.69) is 40.7 Å².